The molecule has 0 aliphatic carbocycles. The van der Waals surface area contributed by atoms with Crippen LogP contribution in [-0.4, -0.2) is 31.3 Å². The summed E-state index contributed by atoms with van der Waals surface area (Å²) in [5, 5.41) is 23.5. The highest BCUT2D eigenvalue weighted by atomic mass is 16.6. The molecule has 0 unspecified atom stereocenters. The van der Waals surface area contributed by atoms with Crippen molar-refractivity contribution < 1.29 is 28.9 Å². The average molecular weight is 542 g/mol. The molecule has 0 amide bonds. The van der Waals surface area contributed by atoms with E-state index in [1.807, 2.05) is 30.3 Å². The van der Waals surface area contributed by atoms with Crippen molar-refractivity contribution in [3.05, 3.63) is 107 Å². The number of cyclic esters (lactones) is 1. The van der Waals surface area contributed by atoms with Gasteiger partial charge in [-0.2, -0.15) is 0 Å². The highest BCUT2D eigenvalue weighted by molar-refractivity contribution is 5.95. The largest absolute Gasteiger partial charge is 0.457 e. The minimum absolute atomic E-state index is 0.110. The molecule has 0 fully saturated rings. The van der Waals surface area contributed by atoms with Gasteiger partial charge >= 0.3 is 11.9 Å². The maximum atomic E-state index is 13.6. The van der Waals surface area contributed by atoms with E-state index in [-0.39, 0.29) is 30.7 Å². The smallest absolute Gasteiger partial charge is 0.355 e. The number of nitro groups is 2. The van der Waals surface area contributed by atoms with Gasteiger partial charge in [-0.15, -0.1) is 0 Å². The highest BCUT2D eigenvalue weighted by Crippen LogP contribution is 2.41. The molecule has 13 heteroatoms. The molecular formula is C27H18N4O9. The monoisotopic (exact) mass is 542 g/mol. The lowest BCUT2D eigenvalue weighted by molar-refractivity contribution is -0.394. The summed E-state index contributed by atoms with van der Waals surface area (Å²) in [7, 11) is 0. The number of ether oxygens (including phenoxy) is 2. The molecule has 1 atom stereocenters. The molecule has 0 spiro atoms. The molecule has 2 aliphatic rings. The van der Waals surface area contributed by atoms with Crippen molar-refractivity contribution in [3.8, 4) is 11.4 Å². The van der Waals surface area contributed by atoms with Crippen LogP contribution in [-0.2, 0) is 33.0 Å². The Morgan fingerprint density at radius 1 is 1.07 bits per heavy atom. The van der Waals surface area contributed by atoms with E-state index in [9.17, 15) is 34.6 Å². The van der Waals surface area contributed by atoms with Crippen LogP contribution < -0.4 is 5.56 Å². The van der Waals surface area contributed by atoms with Gasteiger partial charge in [-0.25, -0.2) is 14.6 Å². The van der Waals surface area contributed by atoms with Gasteiger partial charge in [0.25, 0.3) is 16.9 Å². The van der Waals surface area contributed by atoms with Gasteiger partial charge in [0.2, 0.25) is 5.60 Å². The van der Waals surface area contributed by atoms with Crippen molar-refractivity contribution in [3.63, 3.8) is 0 Å². The third-order valence-electron chi connectivity index (χ3n) is 7.21. The van der Waals surface area contributed by atoms with E-state index in [0.717, 1.165) is 23.1 Å². The standard InChI is InChI=1S/C27H18N4O9/c1-2-27(40-25(33)15-8-17(30(35)36)10-18(9-15)31(37)38)20-11-22-23-16(7-14-5-3-4-6-21(14)28-23)12-29(22)24(32)19(20)13-39-26(27)34/h3-11H,2,12-13H2,1H3/t27-/m0/s1. The fourth-order valence-electron chi connectivity index (χ4n) is 5.22. The molecular weight excluding hydrogens is 524 g/mol. The van der Waals surface area contributed by atoms with Gasteiger partial charge in [0.05, 0.1) is 50.5 Å². The quantitative estimate of drug-likeness (QED) is 0.181. The molecule has 2 aromatic heterocycles. The fourth-order valence-corrected chi connectivity index (χ4v) is 5.22. The van der Waals surface area contributed by atoms with Crippen molar-refractivity contribution in [2.45, 2.75) is 32.1 Å². The first-order valence-electron chi connectivity index (χ1n) is 12.1. The summed E-state index contributed by atoms with van der Waals surface area (Å²) < 4.78 is 12.5. The van der Waals surface area contributed by atoms with Crippen LogP contribution in [0.5, 0.6) is 0 Å². The summed E-state index contributed by atoms with van der Waals surface area (Å²) in [6.07, 6.45) is -0.150. The molecule has 6 rings (SSSR count). The first kappa shape index (κ1) is 24.9. The molecule has 40 heavy (non-hydrogen) atoms. The zero-order valence-electron chi connectivity index (χ0n) is 20.8. The van der Waals surface area contributed by atoms with Crippen LogP contribution in [0.25, 0.3) is 22.3 Å². The van der Waals surface area contributed by atoms with Gasteiger partial charge < -0.3 is 14.0 Å². The molecule has 0 saturated carbocycles. The summed E-state index contributed by atoms with van der Waals surface area (Å²) in [4.78, 5) is 65.7. The van der Waals surface area contributed by atoms with Gasteiger partial charge in [-0.1, -0.05) is 25.1 Å². The summed E-state index contributed by atoms with van der Waals surface area (Å²) in [5.74, 6) is -2.17. The van der Waals surface area contributed by atoms with Crippen LogP contribution in [0.15, 0.2) is 59.4 Å². The number of esters is 2. The average Bonchev–Trinajstić information content (AvgIpc) is 3.30. The summed E-state index contributed by atoms with van der Waals surface area (Å²) in [6, 6.07) is 13.3. The SMILES string of the molecule is CC[C@@]1(OC(=O)c2cc([N+](=O)[O-])cc([N+](=O)[O-])c2)C(=O)OCc2c1cc1n(c2=O)Cc2cc3ccccc3nc2-1. The highest BCUT2D eigenvalue weighted by Gasteiger charge is 2.50. The Kier molecular flexibility index (Phi) is 5.47. The van der Waals surface area contributed by atoms with Crippen molar-refractivity contribution in [2.24, 2.45) is 0 Å². The number of carbonyl (C=O) groups is 2. The molecule has 0 bridgehead atoms. The Labute approximate surface area is 223 Å². The number of nitrogens with zero attached hydrogens (tertiary/aromatic N) is 4. The van der Waals surface area contributed by atoms with E-state index in [4.69, 9.17) is 14.5 Å². The third kappa shape index (κ3) is 3.62. The lowest BCUT2D eigenvalue weighted by Gasteiger charge is -2.35. The normalized spacial score (nSPS) is 17.0. The zero-order valence-corrected chi connectivity index (χ0v) is 20.8. The number of non-ortho nitro benzene ring substituents is 2. The van der Waals surface area contributed by atoms with Gasteiger partial charge in [0.15, 0.2) is 0 Å². The predicted octanol–water partition coefficient (Wildman–Crippen LogP) is 3.76. The van der Waals surface area contributed by atoms with Crippen LogP contribution in [0.4, 0.5) is 11.4 Å². The topological polar surface area (TPSA) is 174 Å². The molecule has 0 saturated heterocycles. The first-order chi connectivity index (χ1) is 19.1. The van der Waals surface area contributed by atoms with Crippen LogP contribution >= 0.6 is 0 Å². The zero-order chi connectivity index (χ0) is 28.3. The van der Waals surface area contributed by atoms with E-state index in [2.05, 4.69) is 0 Å². The summed E-state index contributed by atoms with van der Waals surface area (Å²) in [6.45, 7) is 1.45. The van der Waals surface area contributed by atoms with Gasteiger partial charge in [0, 0.05) is 28.6 Å². The number of benzene rings is 2. The molecule has 2 aromatic carbocycles. The van der Waals surface area contributed by atoms with Crippen molar-refractivity contribution in [1.82, 2.24) is 9.55 Å². The molecule has 0 N–H and O–H groups in total. The number of nitro benzene ring substituents is 2. The van der Waals surface area contributed by atoms with Gasteiger partial charge in [-0.3, -0.25) is 25.0 Å². The first-order valence-corrected chi connectivity index (χ1v) is 12.1. The second-order valence-electron chi connectivity index (χ2n) is 9.40. The van der Waals surface area contributed by atoms with Crippen molar-refractivity contribution in [2.75, 3.05) is 0 Å². The minimum Gasteiger partial charge on any atom is -0.457 e. The predicted molar refractivity (Wildman–Crippen MR) is 137 cm³/mol. The number of hydrogen-bond donors (Lipinski definition) is 0. The van der Waals surface area contributed by atoms with Crippen LogP contribution in [0.3, 0.4) is 0 Å². The second kappa shape index (κ2) is 8.80. The number of pyridine rings is 2. The third-order valence-corrected chi connectivity index (χ3v) is 7.21. The van der Waals surface area contributed by atoms with Crippen molar-refractivity contribution >= 4 is 34.2 Å². The summed E-state index contributed by atoms with van der Waals surface area (Å²) >= 11 is 0. The van der Waals surface area contributed by atoms with Crippen LogP contribution in [0.1, 0.15) is 40.4 Å². The number of fused-ring (bicyclic) bond motifs is 5. The molecule has 2 aliphatic heterocycles. The Hall–Kier alpha value is -5.46. The van der Waals surface area contributed by atoms with Crippen LogP contribution in [0, 0.1) is 20.2 Å². The fraction of sp³-hybridized carbons (Fsp3) is 0.185. The van der Waals surface area contributed by atoms with E-state index in [0.29, 0.717) is 23.0 Å². The van der Waals surface area contributed by atoms with Gasteiger partial charge in [-0.05, 0) is 24.6 Å². The molecule has 4 heterocycles. The molecule has 200 valence electrons. The minimum atomic E-state index is -2.08. The summed E-state index contributed by atoms with van der Waals surface area (Å²) in [5.41, 5.74) is -1.74. The Balaban J connectivity index is 1.50. The molecule has 0 radical (unpaired) electrons. The number of carbonyl (C=O) groups excluding carboxylic acids is 2. The maximum absolute atomic E-state index is 13.6. The molecule has 4 aromatic rings. The Morgan fingerprint density at radius 2 is 1.77 bits per heavy atom. The number of para-hydroxylation sites is 1. The van der Waals surface area contributed by atoms with E-state index >= 15 is 0 Å². The lowest BCUT2D eigenvalue weighted by atomic mass is 9.85. The number of aromatic nitrogens is 2. The van der Waals surface area contributed by atoms with E-state index in [1.165, 1.54) is 4.57 Å². The second-order valence-corrected chi connectivity index (χ2v) is 9.40. The van der Waals surface area contributed by atoms with Crippen molar-refractivity contribution in [1.29, 1.82) is 0 Å². The molecule has 13 nitrogen and oxygen atoms in total. The lowest BCUT2D eigenvalue weighted by Crippen LogP contribution is -2.47. The van der Waals surface area contributed by atoms with E-state index < -0.39 is 49.9 Å². The number of rotatable bonds is 5. The Bertz CT molecular complexity index is 1850. The van der Waals surface area contributed by atoms with Gasteiger partial charge in [0.1, 0.15) is 6.61 Å². The van der Waals surface area contributed by atoms with Crippen LogP contribution in [0.2, 0.25) is 0 Å². The van der Waals surface area contributed by atoms with E-state index in [1.54, 1.807) is 13.0 Å². The number of hydrogen-bond acceptors (Lipinski definition) is 10. The maximum Gasteiger partial charge on any atom is 0.355 e. The Morgan fingerprint density at radius 3 is 2.45 bits per heavy atom.